The molecular weight excluding hydrogens is 142 g/mol. The lowest BCUT2D eigenvalue weighted by atomic mass is 9.88. The highest BCUT2D eigenvalue weighted by Crippen LogP contribution is 2.22. The van der Waals surface area contributed by atoms with Gasteiger partial charge in [0.05, 0.1) is 5.97 Å². The van der Waals surface area contributed by atoms with E-state index in [9.17, 15) is 9.90 Å². The van der Waals surface area contributed by atoms with Crippen molar-refractivity contribution < 1.29 is 9.90 Å². The fraction of sp³-hybridized carbons (Fsp3) is 0.625. The molecule has 0 radical (unpaired) electrons. The third kappa shape index (κ3) is 7.06. The van der Waals surface area contributed by atoms with Crippen LogP contribution in [0.15, 0.2) is 12.2 Å². The van der Waals surface area contributed by atoms with E-state index in [0.29, 0.717) is 6.42 Å². The van der Waals surface area contributed by atoms with E-state index in [0.717, 1.165) is 0 Å². The Bertz CT molecular complexity index is 156. The molecule has 0 amide bonds. The summed E-state index contributed by atoms with van der Waals surface area (Å²) in [6.07, 6.45) is 0.481. The molecular formula is C8H17NO2. The van der Waals surface area contributed by atoms with Gasteiger partial charge in [-0.1, -0.05) is 27.4 Å². The molecule has 0 aliphatic carbocycles. The average molecular weight is 159 g/mol. The summed E-state index contributed by atoms with van der Waals surface area (Å²) in [5.41, 5.74) is 0.157. The molecule has 0 saturated heterocycles. The van der Waals surface area contributed by atoms with Gasteiger partial charge in [0.15, 0.2) is 0 Å². The second-order valence-electron chi connectivity index (χ2n) is 3.63. The third-order valence-corrected chi connectivity index (χ3v) is 1.03. The molecule has 0 unspecified atom stereocenters. The molecule has 0 fully saturated rings. The van der Waals surface area contributed by atoms with Crippen LogP contribution in [-0.4, -0.2) is 5.97 Å². The number of hydrogen-bond acceptors (Lipinski definition) is 2. The molecule has 3 nitrogen and oxygen atoms in total. The lowest BCUT2D eigenvalue weighted by Gasteiger charge is -2.19. The Kier molecular flexibility index (Phi) is 4.81. The highest BCUT2D eigenvalue weighted by atomic mass is 16.4. The zero-order chi connectivity index (χ0) is 8.36. The number of rotatable bonds is 2. The van der Waals surface area contributed by atoms with E-state index in [-0.39, 0.29) is 17.1 Å². The van der Waals surface area contributed by atoms with E-state index in [1.54, 1.807) is 0 Å². The van der Waals surface area contributed by atoms with Crippen LogP contribution in [0, 0.1) is 5.41 Å². The molecule has 0 aliphatic heterocycles. The first-order chi connectivity index (χ1) is 4.33. The number of hydrogen-bond donors (Lipinski definition) is 1. The van der Waals surface area contributed by atoms with Crippen molar-refractivity contribution in [1.82, 2.24) is 6.15 Å². The molecule has 66 valence electrons. The van der Waals surface area contributed by atoms with E-state index < -0.39 is 5.97 Å². The number of carboxylic acids is 1. The summed E-state index contributed by atoms with van der Waals surface area (Å²) in [5, 5.41) is 10.2. The average Bonchev–Trinajstić information content (AvgIpc) is 1.60. The minimum atomic E-state index is -1.14. The van der Waals surface area contributed by atoms with Gasteiger partial charge in [-0.15, -0.1) is 0 Å². The zero-order valence-corrected chi connectivity index (χ0v) is 7.73. The summed E-state index contributed by atoms with van der Waals surface area (Å²) in [6.45, 7) is 9.26. The quantitative estimate of drug-likeness (QED) is 0.612. The highest BCUT2D eigenvalue weighted by Gasteiger charge is 2.11. The molecule has 0 rings (SSSR count). The number of carbonyl (C=O) groups is 1. The minimum Gasteiger partial charge on any atom is -0.545 e. The molecule has 0 aromatic carbocycles. The lowest BCUT2D eigenvalue weighted by Crippen LogP contribution is -2.26. The Balaban J connectivity index is 0. The second kappa shape index (κ2) is 4.13. The smallest absolute Gasteiger partial charge is 0.0669 e. The van der Waals surface area contributed by atoms with Gasteiger partial charge in [-0.2, -0.15) is 0 Å². The summed E-state index contributed by atoms with van der Waals surface area (Å²) in [5.74, 6) is -1.14. The maximum atomic E-state index is 10.2. The Morgan fingerprint density at radius 2 is 1.82 bits per heavy atom. The van der Waals surface area contributed by atoms with Crippen LogP contribution in [0.1, 0.15) is 27.2 Å². The van der Waals surface area contributed by atoms with Crippen molar-refractivity contribution in [3.63, 3.8) is 0 Å². The van der Waals surface area contributed by atoms with Crippen molar-refractivity contribution in [2.24, 2.45) is 5.41 Å². The highest BCUT2D eigenvalue weighted by molar-refractivity contribution is 5.83. The molecule has 0 atom stereocenters. The normalized spacial score (nSPS) is 10.1. The predicted molar refractivity (Wildman–Crippen MR) is 44.2 cm³/mol. The van der Waals surface area contributed by atoms with Crippen molar-refractivity contribution in [1.29, 1.82) is 0 Å². The Morgan fingerprint density at radius 1 is 1.45 bits per heavy atom. The van der Waals surface area contributed by atoms with Crippen LogP contribution in [-0.2, 0) is 4.79 Å². The first-order valence-electron chi connectivity index (χ1n) is 3.22. The van der Waals surface area contributed by atoms with Crippen LogP contribution in [0.5, 0.6) is 0 Å². The van der Waals surface area contributed by atoms with Crippen LogP contribution in [0.3, 0.4) is 0 Å². The van der Waals surface area contributed by atoms with Crippen LogP contribution < -0.4 is 11.3 Å². The number of aliphatic carboxylic acids is 1. The molecule has 0 aromatic rings. The molecule has 11 heavy (non-hydrogen) atoms. The van der Waals surface area contributed by atoms with Crippen LogP contribution in [0.4, 0.5) is 0 Å². The monoisotopic (exact) mass is 159 g/mol. The van der Waals surface area contributed by atoms with E-state index in [4.69, 9.17) is 0 Å². The van der Waals surface area contributed by atoms with Gasteiger partial charge in [0.1, 0.15) is 0 Å². The van der Waals surface area contributed by atoms with Crippen molar-refractivity contribution in [3.05, 3.63) is 12.2 Å². The van der Waals surface area contributed by atoms with E-state index >= 15 is 0 Å². The van der Waals surface area contributed by atoms with Gasteiger partial charge in [-0.05, 0) is 17.4 Å². The summed E-state index contributed by atoms with van der Waals surface area (Å²) in [6, 6.07) is 0. The molecule has 4 N–H and O–H groups in total. The number of quaternary nitrogens is 1. The summed E-state index contributed by atoms with van der Waals surface area (Å²) in [7, 11) is 0. The van der Waals surface area contributed by atoms with Gasteiger partial charge in [-0.3, -0.25) is 0 Å². The van der Waals surface area contributed by atoms with Gasteiger partial charge < -0.3 is 16.1 Å². The maximum absolute atomic E-state index is 10.2. The van der Waals surface area contributed by atoms with Gasteiger partial charge in [0.2, 0.25) is 0 Å². The molecule has 0 spiro atoms. The summed E-state index contributed by atoms with van der Waals surface area (Å²) in [4.78, 5) is 10.2. The molecule has 0 heterocycles. The van der Waals surface area contributed by atoms with Crippen molar-refractivity contribution in [2.75, 3.05) is 0 Å². The predicted octanol–water partition coefficient (Wildman–Crippen LogP) is 1.10. The summed E-state index contributed by atoms with van der Waals surface area (Å²) >= 11 is 0. The Morgan fingerprint density at radius 3 is 1.91 bits per heavy atom. The van der Waals surface area contributed by atoms with Gasteiger partial charge in [0.25, 0.3) is 0 Å². The van der Waals surface area contributed by atoms with Gasteiger partial charge in [0, 0.05) is 0 Å². The molecule has 0 aromatic heterocycles. The Hall–Kier alpha value is -0.830. The standard InChI is InChI=1S/C8H14O2.H3N/c1-6(7(9)10)5-8(2,3)4;/h1,5H2,2-4H3,(H,9,10);1H3. The van der Waals surface area contributed by atoms with Crippen molar-refractivity contribution in [2.45, 2.75) is 27.2 Å². The molecule has 0 bridgehead atoms. The Labute approximate surface area is 67.7 Å². The first-order valence-corrected chi connectivity index (χ1v) is 3.22. The second-order valence-corrected chi connectivity index (χ2v) is 3.63. The SMILES string of the molecule is C=C(CC(C)(C)C)C(=O)[O-].[NH4+]. The van der Waals surface area contributed by atoms with E-state index in [2.05, 4.69) is 6.58 Å². The van der Waals surface area contributed by atoms with Crippen LogP contribution in [0.25, 0.3) is 0 Å². The molecule has 3 heteroatoms. The number of carbonyl (C=O) groups excluding carboxylic acids is 1. The summed E-state index contributed by atoms with van der Waals surface area (Å²) < 4.78 is 0. The topological polar surface area (TPSA) is 76.6 Å². The molecule has 0 saturated carbocycles. The van der Waals surface area contributed by atoms with Crippen molar-refractivity contribution in [3.8, 4) is 0 Å². The first kappa shape index (κ1) is 12.8. The fourth-order valence-electron chi connectivity index (χ4n) is 0.712. The third-order valence-electron chi connectivity index (χ3n) is 1.03. The van der Waals surface area contributed by atoms with Crippen molar-refractivity contribution >= 4 is 5.97 Å². The van der Waals surface area contributed by atoms with Gasteiger partial charge in [-0.25, -0.2) is 0 Å². The van der Waals surface area contributed by atoms with E-state index in [1.165, 1.54) is 0 Å². The largest absolute Gasteiger partial charge is 0.545 e. The fourth-order valence-corrected chi connectivity index (χ4v) is 0.712. The lowest BCUT2D eigenvalue weighted by molar-refractivity contribution is -0.299. The minimum absolute atomic E-state index is 0. The van der Waals surface area contributed by atoms with Gasteiger partial charge >= 0.3 is 0 Å². The molecule has 0 aliphatic rings. The van der Waals surface area contributed by atoms with Crippen LogP contribution in [0.2, 0.25) is 0 Å². The van der Waals surface area contributed by atoms with Crippen LogP contribution >= 0.6 is 0 Å². The zero-order valence-electron chi connectivity index (χ0n) is 7.73. The van der Waals surface area contributed by atoms with E-state index in [1.807, 2.05) is 20.8 Å². The number of carboxylic acid groups (broad SMARTS) is 1. The maximum Gasteiger partial charge on any atom is 0.0669 e.